The zero-order valence-corrected chi connectivity index (χ0v) is 10.8. The summed E-state index contributed by atoms with van der Waals surface area (Å²) < 4.78 is 0. The van der Waals surface area contributed by atoms with Gasteiger partial charge in [-0.15, -0.1) is 12.4 Å². The fourth-order valence-electron chi connectivity index (χ4n) is 2.12. The molecule has 2 rings (SSSR count). The van der Waals surface area contributed by atoms with Crippen LogP contribution in [0.15, 0.2) is 24.3 Å². The number of carbonyl (C=O) groups is 1. The highest BCUT2D eigenvalue weighted by Crippen LogP contribution is 2.19. The Bertz CT molecular complexity index is 358. The monoisotopic (exact) mass is 254 g/mol. The van der Waals surface area contributed by atoms with Crippen molar-refractivity contribution in [3.05, 3.63) is 29.8 Å². The van der Waals surface area contributed by atoms with Gasteiger partial charge in [0.05, 0.1) is 0 Å². The van der Waals surface area contributed by atoms with E-state index in [1.165, 1.54) is 0 Å². The number of carbonyl (C=O) groups excluding carboxylic acids is 1. The Morgan fingerprint density at radius 3 is 2.35 bits per heavy atom. The van der Waals surface area contributed by atoms with E-state index in [0.717, 1.165) is 37.2 Å². The number of Topliss-reactive ketones (excluding diaryl/α,β-unsaturated/α-hetero) is 1. The van der Waals surface area contributed by atoms with Crippen LogP contribution < -0.4 is 10.6 Å². The topological polar surface area (TPSA) is 41.1 Å². The smallest absolute Gasteiger partial charge is 0.166 e. The van der Waals surface area contributed by atoms with Crippen LogP contribution in [0.3, 0.4) is 0 Å². The summed E-state index contributed by atoms with van der Waals surface area (Å²) in [5.74, 6) is 0.505. The van der Waals surface area contributed by atoms with E-state index in [1.807, 2.05) is 31.3 Å². The highest BCUT2D eigenvalue weighted by atomic mass is 35.5. The normalized spacial score (nSPS) is 16.1. The molecule has 1 aliphatic heterocycles. The predicted octanol–water partition coefficient (Wildman–Crippen LogP) is 2.33. The second kappa shape index (κ2) is 6.62. The lowest BCUT2D eigenvalue weighted by Crippen LogP contribution is -2.31. The number of benzene rings is 1. The van der Waals surface area contributed by atoms with E-state index >= 15 is 0 Å². The van der Waals surface area contributed by atoms with Crippen molar-refractivity contribution in [2.75, 3.05) is 25.5 Å². The Kier molecular flexibility index (Phi) is 5.45. The lowest BCUT2D eigenvalue weighted by Gasteiger charge is -2.21. The number of rotatable bonds is 3. The Labute approximate surface area is 108 Å². The first kappa shape index (κ1) is 14.0. The van der Waals surface area contributed by atoms with Crippen molar-refractivity contribution >= 4 is 23.9 Å². The third-order valence-corrected chi connectivity index (χ3v) is 3.17. The van der Waals surface area contributed by atoms with Gasteiger partial charge < -0.3 is 10.6 Å². The lowest BCUT2D eigenvalue weighted by atomic mass is 9.89. The molecule has 1 aromatic carbocycles. The van der Waals surface area contributed by atoms with Gasteiger partial charge in [0.2, 0.25) is 0 Å². The van der Waals surface area contributed by atoms with Gasteiger partial charge in [-0.3, -0.25) is 4.79 Å². The van der Waals surface area contributed by atoms with Crippen LogP contribution in [0.25, 0.3) is 0 Å². The van der Waals surface area contributed by atoms with Crippen molar-refractivity contribution in [1.82, 2.24) is 5.32 Å². The van der Waals surface area contributed by atoms with Crippen LogP contribution in [0, 0.1) is 5.92 Å². The molecule has 0 bridgehead atoms. The summed E-state index contributed by atoms with van der Waals surface area (Å²) in [5, 5.41) is 6.33. The van der Waals surface area contributed by atoms with Crippen LogP contribution in [0.1, 0.15) is 23.2 Å². The predicted molar refractivity (Wildman–Crippen MR) is 73.2 cm³/mol. The Morgan fingerprint density at radius 2 is 1.82 bits per heavy atom. The molecule has 94 valence electrons. The quantitative estimate of drug-likeness (QED) is 0.814. The fraction of sp³-hybridized carbons (Fsp3) is 0.462. The van der Waals surface area contributed by atoms with Crippen LogP contribution in [-0.2, 0) is 0 Å². The molecule has 0 amide bonds. The van der Waals surface area contributed by atoms with Crippen molar-refractivity contribution in [2.45, 2.75) is 12.8 Å². The van der Waals surface area contributed by atoms with E-state index in [-0.39, 0.29) is 18.3 Å². The average molecular weight is 255 g/mol. The minimum atomic E-state index is 0. The standard InChI is InChI=1S/C13H18N2O.ClH/c1-14-12-4-2-10(3-5-12)13(16)11-6-8-15-9-7-11;/h2-5,11,14-15H,6-9H2,1H3;1H. The molecule has 0 saturated carbocycles. The number of hydrogen-bond donors (Lipinski definition) is 2. The van der Waals surface area contributed by atoms with Crippen LogP contribution in [-0.4, -0.2) is 25.9 Å². The Balaban J connectivity index is 0.00000144. The summed E-state index contributed by atoms with van der Waals surface area (Å²) in [6, 6.07) is 7.73. The third-order valence-electron chi connectivity index (χ3n) is 3.17. The van der Waals surface area contributed by atoms with E-state index in [2.05, 4.69) is 10.6 Å². The van der Waals surface area contributed by atoms with Crippen molar-refractivity contribution < 1.29 is 4.79 Å². The molecule has 2 N–H and O–H groups in total. The molecule has 1 saturated heterocycles. The molecule has 0 spiro atoms. The second-order valence-corrected chi connectivity index (χ2v) is 4.22. The molecule has 0 radical (unpaired) electrons. The molecule has 3 nitrogen and oxygen atoms in total. The molecule has 4 heteroatoms. The van der Waals surface area contributed by atoms with Crippen LogP contribution in [0.2, 0.25) is 0 Å². The van der Waals surface area contributed by atoms with Gasteiger partial charge in [-0.25, -0.2) is 0 Å². The Hall–Kier alpha value is -1.06. The Morgan fingerprint density at radius 1 is 1.24 bits per heavy atom. The number of nitrogens with one attached hydrogen (secondary N) is 2. The maximum absolute atomic E-state index is 12.2. The van der Waals surface area contributed by atoms with Crippen molar-refractivity contribution in [3.8, 4) is 0 Å². The molecular formula is C13H19ClN2O. The van der Waals surface area contributed by atoms with E-state index in [1.54, 1.807) is 0 Å². The second-order valence-electron chi connectivity index (χ2n) is 4.22. The van der Waals surface area contributed by atoms with Crippen LogP contribution in [0.5, 0.6) is 0 Å². The van der Waals surface area contributed by atoms with Gasteiger partial charge in [0, 0.05) is 24.2 Å². The van der Waals surface area contributed by atoms with E-state index < -0.39 is 0 Å². The fourth-order valence-corrected chi connectivity index (χ4v) is 2.12. The number of halogens is 1. The van der Waals surface area contributed by atoms with E-state index in [4.69, 9.17) is 0 Å². The number of ketones is 1. The number of hydrogen-bond acceptors (Lipinski definition) is 3. The number of anilines is 1. The molecule has 0 atom stereocenters. The summed E-state index contributed by atoms with van der Waals surface area (Å²) in [6.45, 7) is 1.93. The summed E-state index contributed by atoms with van der Waals surface area (Å²) in [5.41, 5.74) is 1.88. The largest absolute Gasteiger partial charge is 0.388 e. The summed E-state index contributed by atoms with van der Waals surface area (Å²) in [7, 11) is 1.88. The van der Waals surface area contributed by atoms with Crippen LogP contribution in [0.4, 0.5) is 5.69 Å². The van der Waals surface area contributed by atoms with Crippen molar-refractivity contribution in [3.63, 3.8) is 0 Å². The highest BCUT2D eigenvalue weighted by Gasteiger charge is 2.21. The molecule has 1 aliphatic rings. The summed E-state index contributed by atoms with van der Waals surface area (Å²) in [4.78, 5) is 12.2. The first-order valence-electron chi connectivity index (χ1n) is 5.84. The van der Waals surface area contributed by atoms with Gasteiger partial charge in [-0.05, 0) is 50.2 Å². The minimum Gasteiger partial charge on any atom is -0.388 e. The molecule has 1 heterocycles. The highest BCUT2D eigenvalue weighted by molar-refractivity contribution is 5.98. The van der Waals surface area contributed by atoms with Gasteiger partial charge in [-0.2, -0.15) is 0 Å². The maximum Gasteiger partial charge on any atom is 0.166 e. The van der Waals surface area contributed by atoms with E-state index in [0.29, 0.717) is 5.78 Å². The minimum absolute atomic E-state index is 0. The van der Waals surface area contributed by atoms with Gasteiger partial charge in [0.15, 0.2) is 5.78 Å². The number of piperidine rings is 1. The lowest BCUT2D eigenvalue weighted by molar-refractivity contribution is 0.0895. The maximum atomic E-state index is 12.2. The summed E-state index contributed by atoms with van der Waals surface area (Å²) >= 11 is 0. The molecule has 0 unspecified atom stereocenters. The van der Waals surface area contributed by atoms with Gasteiger partial charge >= 0.3 is 0 Å². The van der Waals surface area contributed by atoms with Gasteiger partial charge in [-0.1, -0.05) is 0 Å². The molecule has 0 aromatic heterocycles. The molecule has 1 aromatic rings. The van der Waals surface area contributed by atoms with E-state index in [9.17, 15) is 4.79 Å². The third kappa shape index (κ3) is 3.45. The molecule has 1 fully saturated rings. The molecule has 17 heavy (non-hydrogen) atoms. The first-order valence-corrected chi connectivity index (χ1v) is 5.84. The zero-order chi connectivity index (χ0) is 11.4. The zero-order valence-electron chi connectivity index (χ0n) is 10.0. The molecule has 0 aliphatic carbocycles. The van der Waals surface area contributed by atoms with Crippen LogP contribution >= 0.6 is 12.4 Å². The SMILES string of the molecule is CNc1ccc(C(=O)C2CCNCC2)cc1.Cl. The average Bonchev–Trinajstić information content (AvgIpc) is 2.39. The van der Waals surface area contributed by atoms with Crippen molar-refractivity contribution in [1.29, 1.82) is 0 Å². The summed E-state index contributed by atoms with van der Waals surface area (Å²) in [6.07, 6.45) is 1.93. The van der Waals surface area contributed by atoms with Gasteiger partial charge in [0.1, 0.15) is 0 Å². The van der Waals surface area contributed by atoms with Crippen molar-refractivity contribution in [2.24, 2.45) is 5.92 Å². The first-order chi connectivity index (χ1) is 7.81. The molecular weight excluding hydrogens is 236 g/mol. The van der Waals surface area contributed by atoms with Gasteiger partial charge in [0.25, 0.3) is 0 Å².